The zero-order valence-electron chi connectivity index (χ0n) is 12.3. The summed E-state index contributed by atoms with van der Waals surface area (Å²) in [6.07, 6.45) is 2.56. The number of ketones is 1. The van der Waals surface area contributed by atoms with Gasteiger partial charge in [-0.2, -0.15) is 0 Å². The second kappa shape index (κ2) is 5.10. The summed E-state index contributed by atoms with van der Waals surface area (Å²) in [7, 11) is 0. The van der Waals surface area contributed by atoms with Crippen molar-refractivity contribution in [1.29, 1.82) is 0 Å². The van der Waals surface area contributed by atoms with Gasteiger partial charge >= 0.3 is 0 Å². The van der Waals surface area contributed by atoms with Crippen LogP contribution in [-0.2, 0) is 6.42 Å². The standard InChI is InChI=1S/C19H15BrO2/c1-11-14(5-3-6-16(11)20)19-10-13-8-15-12(9-18(13)22-19)4-2-7-17(15)21/h3,5-6,8-10H,2,4,7H2,1H3. The number of Topliss-reactive ketones (excluding diaryl/α,β-unsaturated/α-hetero) is 1. The molecule has 1 aliphatic carbocycles. The van der Waals surface area contributed by atoms with Gasteiger partial charge in [-0.15, -0.1) is 0 Å². The SMILES string of the molecule is Cc1c(Br)cccc1-c1cc2cc3c(cc2o1)CCCC3=O. The Labute approximate surface area is 137 Å². The summed E-state index contributed by atoms with van der Waals surface area (Å²) < 4.78 is 7.13. The minimum absolute atomic E-state index is 0.254. The van der Waals surface area contributed by atoms with Gasteiger partial charge in [0.1, 0.15) is 11.3 Å². The van der Waals surface area contributed by atoms with Crippen molar-refractivity contribution in [2.45, 2.75) is 26.2 Å². The fourth-order valence-electron chi connectivity index (χ4n) is 3.18. The largest absolute Gasteiger partial charge is 0.456 e. The van der Waals surface area contributed by atoms with E-state index in [0.29, 0.717) is 6.42 Å². The van der Waals surface area contributed by atoms with Gasteiger partial charge in [-0.3, -0.25) is 4.79 Å². The molecule has 2 nitrogen and oxygen atoms in total. The molecule has 1 heterocycles. The molecule has 0 radical (unpaired) electrons. The molecule has 0 spiro atoms. The van der Waals surface area contributed by atoms with Gasteiger partial charge in [-0.25, -0.2) is 0 Å². The maximum atomic E-state index is 12.1. The van der Waals surface area contributed by atoms with Crippen molar-refractivity contribution in [3.63, 3.8) is 0 Å². The lowest BCUT2D eigenvalue weighted by Gasteiger charge is -2.13. The van der Waals surface area contributed by atoms with Crippen LogP contribution in [0.15, 0.2) is 45.3 Å². The molecule has 0 atom stereocenters. The van der Waals surface area contributed by atoms with E-state index in [1.54, 1.807) is 0 Å². The molecule has 22 heavy (non-hydrogen) atoms. The summed E-state index contributed by atoms with van der Waals surface area (Å²) in [5, 5.41) is 1.00. The van der Waals surface area contributed by atoms with Crippen LogP contribution in [0.1, 0.15) is 34.3 Å². The van der Waals surface area contributed by atoms with Crippen LogP contribution >= 0.6 is 15.9 Å². The molecule has 0 aliphatic heterocycles. The molecule has 0 saturated carbocycles. The molecule has 0 fully saturated rings. The van der Waals surface area contributed by atoms with Gasteiger partial charge in [-0.1, -0.05) is 28.1 Å². The molecule has 0 N–H and O–H groups in total. The van der Waals surface area contributed by atoms with E-state index in [2.05, 4.69) is 28.9 Å². The maximum absolute atomic E-state index is 12.1. The molecule has 1 aliphatic rings. The molecule has 4 rings (SSSR count). The highest BCUT2D eigenvalue weighted by atomic mass is 79.9. The van der Waals surface area contributed by atoms with Crippen LogP contribution in [-0.4, -0.2) is 5.78 Å². The smallest absolute Gasteiger partial charge is 0.163 e. The monoisotopic (exact) mass is 354 g/mol. The molecule has 0 bridgehead atoms. The van der Waals surface area contributed by atoms with E-state index < -0.39 is 0 Å². The fourth-order valence-corrected chi connectivity index (χ4v) is 3.54. The van der Waals surface area contributed by atoms with Crippen LogP contribution in [0.5, 0.6) is 0 Å². The normalized spacial score (nSPS) is 14.4. The summed E-state index contributed by atoms with van der Waals surface area (Å²) in [5.41, 5.74) is 5.09. The third kappa shape index (κ3) is 2.12. The zero-order chi connectivity index (χ0) is 15.3. The number of hydrogen-bond acceptors (Lipinski definition) is 2. The number of carbonyl (C=O) groups excluding carboxylic acids is 1. The van der Waals surface area contributed by atoms with E-state index >= 15 is 0 Å². The average Bonchev–Trinajstić information content (AvgIpc) is 2.91. The topological polar surface area (TPSA) is 30.2 Å². The molecular formula is C19H15BrO2. The number of carbonyl (C=O) groups is 1. The van der Waals surface area contributed by atoms with Crippen LogP contribution in [0.25, 0.3) is 22.3 Å². The van der Waals surface area contributed by atoms with Crippen molar-refractivity contribution < 1.29 is 9.21 Å². The van der Waals surface area contributed by atoms with E-state index in [4.69, 9.17) is 4.42 Å². The first-order valence-electron chi connectivity index (χ1n) is 7.48. The number of hydrogen-bond donors (Lipinski definition) is 0. The highest BCUT2D eigenvalue weighted by Gasteiger charge is 2.19. The summed E-state index contributed by atoms with van der Waals surface area (Å²) in [5.74, 6) is 1.10. The molecule has 2 aromatic carbocycles. The van der Waals surface area contributed by atoms with Crippen molar-refractivity contribution in [2.75, 3.05) is 0 Å². The third-order valence-electron chi connectivity index (χ3n) is 4.43. The third-order valence-corrected chi connectivity index (χ3v) is 5.28. The van der Waals surface area contributed by atoms with E-state index in [0.717, 1.165) is 56.3 Å². The molecular weight excluding hydrogens is 340 g/mol. The lowest BCUT2D eigenvalue weighted by Crippen LogP contribution is -2.10. The van der Waals surface area contributed by atoms with E-state index in [9.17, 15) is 4.79 Å². The first-order chi connectivity index (χ1) is 10.6. The van der Waals surface area contributed by atoms with Gasteiger partial charge in [0.25, 0.3) is 0 Å². The Morgan fingerprint density at radius 1 is 1.09 bits per heavy atom. The fraction of sp³-hybridized carbons (Fsp3) is 0.211. The van der Waals surface area contributed by atoms with Crippen LogP contribution in [0, 0.1) is 6.92 Å². The van der Waals surface area contributed by atoms with Gasteiger partial charge in [0.2, 0.25) is 0 Å². The maximum Gasteiger partial charge on any atom is 0.163 e. The van der Waals surface area contributed by atoms with E-state index in [-0.39, 0.29) is 5.78 Å². The molecule has 1 aromatic heterocycles. The van der Waals surface area contributed by atoms with Crippen LogP contribution in [0.3, 0.4) is 0 Å². The highest BCUT2D eigenvalue weighted by Crippen LogP contribution is 2.35. The lowest BCUT2D eigenvalue weighted by atomic mass is 9.90. The molecule has 0 saturated heterocycles. The Kier molecular flexibility index (Phi) is 3.19. The molecule has 3 heteroatoms. The van der Waals surface area contributed by atoms with Crippen molar-refractivity contribution in [1.82, 2.24) is 0 Å². The summed E-state index contributed by atoms with van der Waals surface area (Å²) in [6.45, 7) is 2.07. The van der Waals surface area contributed by atoms with Crippen LogP contribution in [0.4, 0.5) is 0 Å². The predicted octanol–water partition coefficient (Wildman–Crippen LogP) is 5.69. The first-order valence-corrected chi connectivity index (χ1v) is 8.28. The van der Waals surface area contributed by atoms with Gasteiger partial charge < -0.3 is 4.42 Å². The number of aryl methyl sites for hydroxylation is 1. The van der Waals surface area contributed by atoms with Gasteiger partial charge in [0, 0.05) is 27.4 Å². The molecule has 3 aromatic rings. The molecule has 0 amide bonds. The zero-order valence-corrected chi connectivity index (χ0v) is 13.9. The van der Waals surface area contributed by atoms with Crippen molar-refractivity contribution in [3.8, 4) is 11.3 Å². The van der Waals surface area contributed by atoms with Gasteiger partial charge in [-0.05, 0) is 55.2 Å². The predicted molar refractivity (Wildman–Crippen MR) is 91.4 cm³/mol. The van der Waals surface area contributed by atoms with Crippen LogP contribution < -0.4 is 0 Å². The highest BCUT2D eigenvalue weighted by molar-refractivity contribution is 9.10. The van der Waals surface area contributed by atoms with E-state index in [1.165, 1.54) is 0 Å². The molecule has 0 unspecified atom stereocenters. The van der Waals surface area contributed by atoms with E-state index in [1.807, 2.05) is 30.3 Å². The minimum atomic E-state index is 0.254. The Bertz CT molecular complexity index is 905. The molecule has 110 valence electrons. The number of rotatable bonds is 1. The Hall–Kier alpha value is -1.87. The summed E-state index contributed by atoms with van der Waals surface area (Å²) in [4.78, 5) is 12.1. The Morgan fingerprint density at radius 3 is 2.82 bits per heavy atom. The number of fused-ring (bicyclic) bond motifs is 2. The quantitative estimate of drug-likeness (QED) is 0.561. The number of furan rings is 1. The van der Waals surface area contributed by atoms with Gasteiger partial charge in [0.15, 0.2) is 5.78 Å². The number of benzene rings is 2. The number of halogens is 1. The Morgan fingerprint density at radius 2 is 1.95 bits per heavy atom. The lowest BCUT2D eigenvalue weighted by molar-refractivity contribution is 0.0972. The van der Waals surface area contributed by atoms with Crippen LogP contribution in [0.2, 0.25) is 0 Å². The second-order valence-electron chi connectivity index (χ2n) is 5.85. The summed E-state index contributed by atoms with van der Waals surface area (Å²) >= 11 is 3.56. The Balaban J connectivity index is 1.91. The average molecular weight is 355 g/mol. The van der Waals surface area contributed by atoms with Crippen molar-refractivity contribution in [2.24, 2.45) is 0 Å². The minimum Gasteiger partial charge on any atom is -0.456 e. The first kappa shape index (κ1) is 13.8. The van der Waals surface area contributed by atoms with Gasteiger partial charge in [0.05, 0.1) is 0 Å². The van der Waals surface area contributed by atoms with Crippen molar-refractivity contribution in [3.05, 3.63) is 57.6 Å². The summed E-state index contributed by atoms with van der Waals surface area (Å²) in [6, 6.07) is 12.2. The second-order valence-corrected chi connectivity index (χ2v) is 6.70. The van der Waals surface area contributed by atoms with Crippen molar-refractivity contribution >= 4 is 32.7 Å².